The second-order valence-corrected chi connectivity index (χ2v) is 7.81. The minimum atomic E-state index is -0.468. The molecular weight excluding hydrogens is 388 g/mol. The number of rotatable bonds is 7. The first-order valence-corrected chi connectivity index (χ1v) is 10.6. The van der Waals surface area contributed by atoms with Crippen molar-refractivity contribution in [3.63, 3.8) is 0 Å². The molecule has 0 saturated carbocycles. The lowest BCUT2D eigenvalue weighted by molar-refractivity contribution is -0.119. The van der Waals surface area contributed by atoms with E-state index in [1.807, 2.05) is 60.5 Å². The summed E-state index contributed by atoms with van der Waals surface area (Å²) in [5.74, 6) is 0.121. The first kappa shape index (κ1) is 20.7. The van der Waals surface area contributed by atoms with E-state index in [0.717, 1.165) is 46.3 Å². The average Bonchev–Trinajstić information content (AvgIpc) is 3.14. The third-order valence-electron chi connectivity index (χ3n) is 5.66. The number of hydrogen-bond acceptors (Lipinski definition) is 3. The van der Waals surface area contributed by atoms with Gasteiger partial charge in [0.05, 0.1) is 5.69 Å². The van der Waals surface area contributed by atoms with Crippen molar-refractivity contribution in [3.05, 3.63) is 65.9 Å². The second-order valence-electron chi connectivity index (χ2n) is 7.81. The van der Waals surface area contributed by atoms with Gasteiger partial charge in [-0.25, -0.2) is 0 Å². The van der Waals surface area contributed by atoms with Gasteiger partial charge >= 0.3 is 0 Å². The molecular formula is C24H28N6O. The molecule has 0 spiro atoms. The van der Waals surface area contributed by atoms with E-state index in [1.165, 1.54) is 0 Å². The normalized spacial score (nSPS) is 16.0. The van der Waals surface area contributed by atoms with Gasteiger partial charge in [0, 0.05) is 47.9 Å². The van der Waals surface area contributed by atoms with E-state index in [-0.39, 0.29) is 11.9 Å². The third kappa shape index (κ3) is 4.45. The summed E-state index contributed by atoms with van der Waals surface area (Å²) >= 11 is 0. The van der Waals surface area contributed by atoms with E-state index < -0.39 is 6.04 Å². The molecule has 3 aromatic rings. The van der Waals surface area contributed by atoms with Crippen LogP contribution in [0.5, 0.6) is 0 Å². The number of H-pyrrole nitrogens is 1. The molecule has 4 rings (SSSR count). The van der Waals surface area contributed by atoms with Crippen LogP contribution in [0.3, 0.4) is 0 Å². The fourth-order valence-electron chi connectivity index (χ4n) is 4.13. The minimum absolute atomic E-state index is 0.0245. The van der Waals surface area contributed by atoms with Crippen molar-refractivity contribution < 1.29 is 4.79 Å². The lowest BCUT2D eigenvalue weighted by atomic mass is 10.0. The standard InChI is InChI=1S/C24H28N6O/c1-16-18-8-3-5-11-22(18)30(13-7-6-12-27-24(25)26)23(31)21(29-16)14-17-15-28-20-10-4-2-9-19(17)20/h2-5,8-11,15,21,28H,6-7,12-14H2,1H3,(H4,25,26,27). The van der Waals surface area contributed by atoms with E-state index >= 15 is 0 Å². The molecule has 1 aromatic heterocycles. The van der Waals surface area contributed by atoms with Gasteiger partial charge in [-0.05, 0) is 37.5 Å². The summed E-state index contributed by atoms with van der Waals surface area (Å²) in [5.41, 5.74) is 15.8. The molecule has 31 heavy (non-hydrogen) atoms. The minimum Gasteiger partial charge on any atom is -0.370 e. The number of carbonyl (C=O) groups excluding carboxylic acids is 1. The number of nitrogens with two attached hydrogens (primary N) is 2. The van der Waals surface area contributed by atoms with Crippen molar-refractivity contribution in [3.8, 4) is 0 Å². The topological polar surface area (TPSA) is 113 Å². The van der Waals surface area contributed by atoms with Crippen LogP contribution in [0.2, 0.25) is 0 Å². The van der Waals surface area contributed by atoms with Crippen LogP contribution < -0.4 is 16.4 Å². The number of aromatic nitrogens is 1. The fraction of sp³-hybridized carbons (Fsp3) is 0.292. The van der Waals surface area contributed by atoms with E-state index in [2.05, 4.69) is 16.0 Å². The van der Waals surface area contributed by atoms with Crippen molar-refractivity contribution in [1.82, 2.24) is 4.98 Å². The Balaban J connectivity index is 1.60. The number of amides is 1. The smallest absolute Gasteiger partial charge is 0.252 e. The number of para-hydroxylation sites is 2. The fourth-order valence-corrected chi connectivity index (χ4v) is 4.13. The lowest BCUT2D eigenvalue weighted by Gasteiger charge is -2.25. The average molecular weight is 417 g/mol. The summed E-state index contributed by atoms with van der Waals surface area (Å²) in [7, 11) is 0. The van der Waals surface area contributed by atoms with Crippen molar-refractivity contribution in [2.45, 2.75) is 32.2 Å². The predicted octanol–water partition coefficient (Wildman–Crippen LogP) is 2.99. The van der Waals surface area contributed by atoms with E-state index in [1.54, 1.807) is 0 Å². The maximum absolute atomic E-state index is 13.6. The molecule has 1 atom stereocenters. The van der Waals surface area contributed by atoms with Gasteiger partial charge in [-0.3, -0.25) is 14.8 Å². The highest BCUT2D eigenvalue weighted by molar-refractivity contribution is 6.12. The Labute approximate surface area is 181 Å². The quantitative estimate of drug-likeness (QED) is 0.313. The summed E-state index contributed by atoms with van der Waals surface area (Å²) in [6.45, 7) is 3.14. The Morgan fingerprint density at radius 1 is 1.13 bits per heavy atom. The molecule has 2 heterocycles. The van der Waals surface area contributed by atoms with Crippen LogP contribution >= 0.6 is 0 Å². The first-order chi connectivity index (χ1) is 15.0. The van der Waals surface area contributed by atoms with Gasteiger partial charge in [0.25, 0.3) is 5.91 Å². The largest absolute Gasteiger partial charge is 0.370 e. The number of guanidine groups is 1. The Kier molecular flexibility index (Phi) is 6.02. The van der Waals surface area contributed by atoms with Crippen molar-refractivity contribution in [1.29, 1.82) is 0 Å². The number of anilines is 1. The van der Waals surface area contributed by atoms with Crippen LogP contribution in [0.1, 0.15) is 30.9 Å². The number of hydrogen-bond donors (Lipinski definition) is 3. The summed E-state index contributed by atoms with van der Waals surface area (Å²) in [6, 6.07) is 15.6. The Hall–Kier alpha value is -3.61. The molecule has 0 aliphatic carbocycles. The van der Waals surface area contributed by atoms with Gasteiger partial charge < -0.3 is 21.4 Å². The molecule has 2 aromatic carbocycles. The van der Waals surface area contributed by atoms with Crippen molar-refractivity contribution >= 4 is 34.2 Å². The second kappa shape index (κ2) is 9.04. The SMILES string of the molecule is CC1=NC(Cc2c[nH]c3ccccc23)C(=O)N(CCCCN=C(N)N)c2ccccc21. The number of aliphatic imine (C=N–C) groups is 2. The Morgan fingerprint density at radius 2 is 1.90 bits per heavy atom. The van der Waals surface area contributed by atoms with Gasteiger partial charge in [0.15, 0.2) is 5.96 Å². The van der Waals surface area contributed by atoms with E-state index in [4.69, 9.17) is 16.5 Å². The van der Waals surface area contributed by atoms with Gasteiger partial charge in [0.1, 0.15) is 6.04 Å². The number of unbranched alkanes of at least 4 members (excludes halogenated alkanes) is 1. The summed E-state index contributed by atoms with van der Waals surface area (Å²) < 4.78 is 0. The molecule has 1 amide bonds. The molecule has 1 unspecified atom stereocenters. The molecule has 160 valence electrons. The lowest BCUT2D eigenvalue weighted by Crippen LogP contribution is -2.39. The number of fused-ring (bicyclic) bond motifs is 2. The van der Waals surface area contributed by atoms with Gasteiger partial charge in [-0.1, -0.05) is 36.4 Å². The van der Waals surface area contributed by atoms with Crippen LogP contribution in [0.15, 0.2) is 64.7 Å². The van der Waals surface area contributed by atoms with Gasteiger partial charge in [-0.15, -0.1) is 0 Å². The van der Waals surface area contributed by atoms with Crippen LogP contribution in [-0.2, 0) is 11.2 Å². The van der Waals surface area contributed by atoms with E-state index in [0.29, 0.717) is 19.5 Å². The number of nitrogens with one attached hydrogen (secondary N) is 1. The highest BCUT2D eigenvalue weighted by Crippen LogP contribution is 2.28. The highest BCUT2D eigenvalue weighted by Gasteiger charge is 2.30. The summed E-state index contributed by atoms with van der Waals surface area (Å²) in [6.07, 6.45) is 4.14. The first-order valence-electron chi connectivity index (χ1n) is 10.6. The van der Waals surface area contributed by atoms with Crippen LogP contribution in [0.25, 0.3) is 10.9 Å². The van der Waals surface area contributed by atoms with Crippen LogP contribution in [-0.4, -0.2) is 41.7 Å². The molecule has 0 radical (unpaired) electrons. The number of aromatic amines is 1. The maximum Gasteiger partial charge on any atom is 0.252 e. The number of carbonyl (C=O) groups is 1. The Bertz CT molecular complexity index is 1140. The molecule has 0 saturated heterocycles. The molecule has 1 aliphatic heterocycles. The summed E-state index contributed by atoms with van der Waals surface area (Å²) in [4.78, 5) is 27.7. The molecule has 0 fully saturated rings. The zero-order chi connectivity index (χ0) is 21.8. The summed E-state index contributed by atoms with van der Waals surface area (Å²) in [5, 5.41) is 1.13. The van der Waals surface area contributed by atoms with E-state index in [9.17, 15) is 4.79 Å². The molecule has 5 N–H and O–H groups in total. The predicted molar refractivity (Wildman–Crippen MR) is 127 cm³/mol. The molecule has 7 nitrogen and oxygen atoms in total. The number of benzene rings is 2. The molecule has 0 bridgehead atoms. The maximum atomic E-state index is 13.6. The van der Waals surface area contributed by atoms with Crippen LogP contribution in [0.4, 0.5) is 5.69 Å². The zero-order valence-corrected chi connectivity index (χ0v) is 17.7. The third-order valence-corrected chi connectivity index (χ3v) is 5.66. The van der Waals surface area contributed by atoms with Crippen molar-refractivity contribution in [2.75, 3.05) is 18.0 Å². The Morgan fingerprint density at radius 3 is 2.74 bits per heavy atom. The van der Waals surface area contributed by atoms with Gasteiger partial charge in [-0.2, -0.15) is 0 Å². The zero-order valence-electron chi connectivity index (χ0n) is 17.7. The van der Waals surface area contributed by atoms with Gasteiger partial charge in [0.2, 0.25) is 0 Å². The van der Waals surface area contributed by atoms with Crippen molar-refractivity contribution in [2.24, 2.45) is 21.5 Å². The number of benzodiazepines with no additional fused rings is 1. The molecule has 7 heteroatoms. The molecule has 1 aliphatic rings. The highest BCUT2D eigenvalue weighted by atomic mass is 16.2. The van der Waals surface area contributed by atoms with Crippen LogP contribution in [0, 0.1) is 0 Å². The monoisotopic (exact) mass is 416 g/mol. The number of nitrogens with zero attached hydrogens (tertiary/aromatic N) is 3.